The first kappa shape index (κ1) is 16.4. The number of carbonyl (C=O) groups is 2. The van der Waals surface area contributed by atoms with Crippen LogP contribution in [0.2, 0.25) is 0 Å². The Kier molecular flexibility index (Phi) is 3.74. The zero-order chi connectivity index (χ0) is 17.8. The van der Waals surface area contributed by atoms with Crippen LogP contribution in [0.3, 0.4) is 0 Å². The lowest BCUT2D eigenvalue weighted by Gasteiger charge is -2.58. The summed E-state index contributed by atoms with van der Waals surface area (Å²) in [5, 5.41) is 5.99. The molecule has 4 bridgehead atoms. The van der Waals surface area contributed by atoms with E-state index in [1.807, 2.05) is 0 Å². The summed E-state index contributed by atoms with van der Waals surface area (Å²) in [5.74, 6) is -0.0300. The number of halogens is 1. The normalized spacial score (nSPS) is 35.4. The highest BCUT2D eigenvalue weighted by Gasteiger charge is 2.58. The Bertz CT molecular complexity index is 719. The van der Waals surface area contributed by atoms with Gasteiger partial charge in [-0.15, -0.1) is 0 Å². The lowest BCUT2D eigenvalue weighted by atomic mass is 9.47. The number of hydrogen-bond acceptors (Lipinski definition) is 3. The molecule has 0 aromatic heterocycles. The van der Waals surface area contributed by atoms with Gasteiger partial charge in [0.15, 0.2) is 0 Å². The molecule has 4 aliphatic rings. The number of hydrogen-bond donors (Lipinski definition) is 3. The SMILES string of the molecule is CNc1ccc(F)c(C(=O)NC2C3CC4CC2CC(C(N)=O)(C4)C3)c1. The zero-order valence-electron chi connectivity index (χ0n) is 14.3. The Morgan fingerprint density at radius 1 is 1.20 bits per heavy atom. The fourth-order valence-corrected chi connectivity index (χ4v) is 5.65. The van der Waals surface area contributed by atoms with Crippen LogP contribution in [-0.4, -0.2) is 24.9 Å². The second kappa shape index (κ2) is 5.71. The molecule has 4 saturated carbocycles. The van der Waals surface area contributed by atoms with Crippen LogP contribution in [0, 0.1) is 29.0 Å². The molecule has 0 radical (unpaired) electrons. The second-order valence-electron chi connectivity index (χ2n) is 8.06. The van der Waals surface area contributed by atoms with Gasteiger partial charge in [-0.1, -0.05) is 0 Å². The number of primary amides is 1. The van der Waals surface area contributed by atoms with E-state index in [4.69, 9.17) is 5.73 Å². The first-order valence-electron chi connectivity index (χ1n) is 9.00. The van der Waals surface area contributed by atoms with E-state index < -0.39 is 5.82 Å². The van der Waals surface area contributed by atoms with Crippen LogP contribution in [0.1, 0.15) is 42.5 Å². The topological polar surface area (TPSA) is 84.2 Å². The molecule has 25 heavy (non-hydrogen) atoms. The number of rotatable bonds is 4. The highest BCUT2D eigenvalue weighted by atomic mass is 19.1. The second-order valence-corrected chi connectivity index (χ2v) is 8.06. The molecule has 5 rings (SSSR count). The quantitative estimate of drug-likeness (QED) is 0.783. The smallest absolute Gasteiger partial charge is 0.254 e. The molecular formula is C19H24FN3O2. The van der Waals surface area contributed by atoms with E-state index in [-0.39, 0.29) is 40.7 Å². The minimum absolute atomic E-state index is 0.00849. The summed E-state index contributed by atoms with van der Waals surface area (Å²) < 4.78 is 14.1. The van der Waals surface area contributed by atoms with Crippen LogP contribution in [0.5, 0.6) is 0 Å². The van der Waals surface area contributed by atoms with Crippen molar-refractivity contribution in [3.8, 4) is 0 Å². The molecule has 2 atom stereocenters. The summed E-state index contributed by atoms with van der Waals surface area (Å²) >= 11 is 0. The maximum atomic E-state index is 14.1. The van der Waals surface area contributed by atoms with Crippen molar-refractivity contribution in [2.45, 2.75) is 38.1 Å². The van der Waals surface area contributed by atoms with E-state index in [0.717, 1.165) is 32.1 Å². The molecule has 1 aromatic carbocycles. The predicted molar refractivity (Wildman–Crippen MR) is 92.4 cm³/mol. The first-order valence-corrected chi connectivity index (χ1v) is 9.00. The maximum Gasteiger partial charge on any atom is 0.254 e. The monoisotopic (exact) mass is 345 g/mol. The minimum atomic E-state index is -0.520. The largest absolute Gasteiger partial charge is 0.388 e. The van der Waals surface area contributed by atoms with Crippen molar-refractivity contribution < 1.29 is 14.0 Å². The van der Waals surface area contributed by atoms with Crippen molar-refractivity contribution in [1.29, 1.82) is 0 Å². The Morgan fingerprint density at radius 3 is 2.48 bits per heavy atom. The third-order valence-corrected chi connectivity index (χ3v) is 6.59. The molecule has 0 aliphatic heterocycles. The van der Waals surface area contributed by atoms with E-state index in [1.54, 1.807) is 13.1 Å². The summed E-state index contributed by atoms with van der Waals surface area (Å²) in [4.78, 5) is 24.7. The molecule has 6 heteroatoms. The van der Waals surface area contributed by atoms with Crippen molar-refractivity contribution in [1.82, 2.24) is 5.32 Å². The standard InChI is InChI=1S/C19H24FN3O2/c1-22-13-2-3-15(20)14(6-13)17(24)23-16-11-4-10-5-12(16)9-19(7-10,8-11)18(21)25/h2-3,6,10-12,16,22H,4-5,7-9H2,1H3,(H2,21,25)(H,23,24). The fraction of sp³-hybridized carbons (Fsp3) is 0.579. The number of carbonyl (C=O) groups excluding carboxylic acids is 2. The molecule has 0 heterocycles. The van der Waals surface area contributed by atoms with Gasteiger partial charge < -0.3 is 16.4 Å². The van der Waals surface area contributed by atoms with E-state index in [0.29, 0.717) is 11.6 Å². The highest BCUT2D eigenvalue weighted by Crippen LogP contribution is 2.59. The minimum Gasteiger partial charge on any atom is -0.388 e. The van der Waals surface area contributed by atoms with Crippen molar-refractivity contribution in [3.63, 3.8) is 0 Å². The van der Waals surface area contributed by atoms with Gasteiger partial charge >= 0.3 is 0 Å². The summed E-state index contributed by atoms with van der Waals surface area (Å²) in [6.45, 7) is 0. The molecule has 4 N–H and O–H groups in total. The Hall–Kier alpha value is -2.11. The van der Waals surface area contributed by atoms with E-state index in [1.165, 1.54) is 12.1 Å². The average molecular weight is 345 g/mol. The third-order valence-electron chi connectivity index (χ3n) is 6.59. The van der Waals surface area contributed by atoms with Gasteiger partial charge in [-0.3, -0.25) is 9.59 Å². The van der Waals surface area contributed by atoms with Crippen LogP contribution in [0.15, 0.2) is 18.2 Å². The Morgan fingerprint density at radius 2 is 1.88 bits per heavy atom. The Labute approximate surface area is 146 Å². The van der Waals surface area contributed by atoms with Crippen LogP contribution in [0.25, 0.3) is 0 Å². The van der Waals surface area contributed by atoms with E-state index in [2.05, 4.69) is 10.6 Å². The molecule has 2 unspecified atom stereocenters. The predicted octanol–water partition coefficient (Wildman–Crippen LogP) is 2.28. The third kappa shape index (κ3) is 2.58. The molecule has 134 valence electrons. The van der Waals surface area contributed by atoms with Gasteiger partial charge in [-0.05, 0) is 68.1 Å². The van der Waals surface area contributed by atoms with Crippen LogP contribution >= 0.6 is 0 Å². The van der Waals surface area contributed by atoms with Crippen molar-refractivity contribution >= 4 is 17.5 Å². The van der Waals surface area contributed by atoms with Gasteiger partial charge in [0.2, 0.25) is 5.91 Å². The average Bonchev–Trinajstić information content (AvgIpc) is 2.57. The van der Waals surface area contributed by atoms with Gasteiger partial charge in [-0.25, -0.2) is 4.39 Å². The van der Waals surface area contributed by atoms with Gasteiger partial charge in [0.1, 0.15) is 5.82 Å². The molecule has 1 aromatic rings. The number of amides is 2. The summed E-state index contributed by atoms with van der Waals surface area (Å²) in [7, 11) is 1.73. The van der Waals surface area contributed by atoms with Gasteiger partial charge in [-0.2, -0.15) is 0 Å². The van der Waals surface area contributed by atoms with Crippen LogP contribution in [-0.2, 0) is 4.79 Å². The lowest BCUT2D eigenvalue weighted by molar-refractivity contribution is -0.145. The Balaban J connectivity index is 1.55. The van der Waals surface area contributed by atoms with Crippen LogP contribution in [0.4, 0.5) is 10.1 Å². The van der Waals surface area contributed by atoms with Crippen molar-refractivity contribution in [3.05, 3.63) is 29.6 Å². The van der Waals surface area contributed by atoms with Crippen molar-refractivity contribution in [2.75, 3.05) is 12.4 Å². The number of nitrogens with one attached hydrogen (secondary N) is 2. The van der Waals surface area contributed by atoms with Gasteiger partial charge in [0.25, 0.3) is 5.91 Å². The summed E-state index contributed by atoms with van der Waals surface area (Å²) in [5.41, 5.74) is 6.08. The fourth-order valence-electron chi connectivity index (χ4n) is 5.65. The molecule has 4 fully saturated rings. The molecule has 5 nitrogen and oxygen atoms in total. The number of benzene rings is 1. The van der Waals surface area contributed by atoms with Crippen molar-refractivity contribution in [2.24, 2.45) is 28.9 Å². The number of anilines is 1. The van der Waals surface area contributed by atoms with Gasteiger partial charge in [0.05, 0.1) is 5.56 Å². The first-order chi connectivity index (χ1) is 11.9. The molecular weight excluding hydrogens is 321 g/mol. The number of nitrogens with two attached hydrogens (primary N) is 1. The van der Waals surface area contributed by atoms with Crippen LogP contribution < -0.4 is 16.4 Å². The summed E-state index contributed by atoms with van der Waals surface area (Å²) in [6, 6.07) is 4.45. The molecule has 4 aliphatic carbocycles. The summed E-state index contributed by atoms with van der Waals surface area (Å²) in [6.07, 6.45) is 4.44. The molecule has 0 saturated heterocycles. The molecule has 0 spiro atoms. The highest BCUT2D eigenvalue weighted by molar-refractivity contribution is 5.95. The van der Waals surface area contributed by atoms with E-state index in [9.17, 15) is 14.0 Å². The molecule has 2 amide bonds. The lowest BCUT2D eigenvalue weighted by Crippen LogP contribution is -2.62. The maximum absolute atomic E-state index is 14.1. The van der Waals surface area contributed by atoms with Gasteiger partial charge in [0, 0.05) is 24.2 Å². The van der Waals surface area contributed by atoms with E-state index >= 15 is 0 Å². The zero-order valence-corrected chi connectivity index (χ0v) is 14.3.